The highest BCUT2D eigenvalue weighted by Gasteiger charge is 2.36. The van der Waals surface area contributed by atoms with E-state index in [9.17, 15) is 4.79 Å². The van der Waals surface area contributed by atoms with Crippen molar-refractivity contribution in [2.24, 2.45) is 5.92 Å². The highest BCUT2D eigenvalue weighted by atomic mass is 16.5. The Morgan fingerprint density at radius 3 is 3.19 bits per heavy atom. The van der Waals surface area contributed by atoms with Crippen LogP contribution in [0.25, 0.3) is 0 Å². The summed E-state index contributed by atoms with van der Waals surface area (Å²) >= 11 is 0. The molecule has 4 nitrogen and oxygen atoms in total. The largest absolute Gasteiger partial charge is 0.380 e. The van der Waals surface area contributed by atoms with Gasteiger partial charge in [0.2, 0.25) is 5.91 Å². The van der Waals surface area contributed by atoms with Crippen molar-refractivity contribution in [1.82, 2.24) is 10.2 Å². The van der Waals surface area contributed by atoms with Gasteiger partial charge in [-0.3, -0.25) is 4.79 Å². The number of likely N-dealkylation sites (tertiary alicyclic amines) is 1. The van der Waals surface area contributed by atoms with E-state index in [1.165, 1.54) is 0 Å². The van der Waals surface area contributed by atoms with Crippen LogP contribution in [0, 0.1) is 5.92 Å². The number of nitrogens with one attached hydrogen (secondary N) is 1. The maximum absolute atomic E-state index is 11.9. The van der Waals surface area contributed by atoms with Gasteiger partial charge in [0.15, 0.2) is 0 Å². The van der Waals surface area contributed by atoms with Crippen molar-refractivity contribution in [3.63, 3.8) is 0 Å². The first-order valence-electron chi connectivity index (χ1n) is 6.41. The Bertz CT molecular complexity index is 245. The maximum atomic E-state index is 11.9. The zero-order valence-electron chi connectivity index (χ0n) is 10.1. The lowest BCUT2D eigenvalue weighted by molar-refractivity contribution is -0.140. The van der Waals surface area contributed by atoms with E-state index >= 15 is 0 Å². The molecule has 16 heavy (non-hydrogen) atoms. The van der Waals surface area contributed by atoms with E-state index in [4.69, 9.17) is 4.74 Å². The second-order valence-corrected chi connectivity index (χ2v) is 4.64. The summed E-state index contributed by atoms with van der Waals surface area (Å²) < 4.78 is 5.35. The maximum Gasteiger partial charge on any atom is 0.222 e. The molecule has 0 saturated carbocycles. The third kappa shape index (κ3) is 2.55. The summed E-state index contributed by atoms with van der Waals surface area (Å²) in [6, 6.07) is 0.461. The summed E-state index contributed by atoms with van der Waals surface area (Å²) in [5, 5.41) is 3.42. The highest BCUT2D eigenvalue weighted by molar-refractivity contribution is 5.77. The molecule has 1 N–H and O–H groups in total. The molecule has 0 aromatic heterocycles. The SMILES string of the molecule is CCOCCN1C(=O)CCC2CNCCC21. The normalized spacial score (nSPS) is 30.3. The number of amides is 1. The lowest BCUT2D eigenvalue weighted by Gasteiger charge is -2.44. The van der Waals surface area contributed by atoms with Gasteiger partial charge < -0.3 is 15.0 Å². The van der Waals surface area contributed by atoms with Gasteiger partial charge in [0.1, 0.15) is 0 Å². The number of rotatable bonds is 4. The molecule has 0 bridgehead atoms. The molecule has 2 aliphatic heterocycles. The molecule has 2 rings (SSSR count). The van der Waals surface area contributed by atoms with E-state index in [-0.39, 0.29) is 0 Å². The molecule has 2 saturated heterocycles. The second-order valence-electron chi connectivity index (χ2n) is 4.64. The van der Waals surface area contributed by atoms with E-state index < -0.39 is 0 Å². The monoisotopic (exact) mass is 226 g/mol. The van der Waals surface area contributed by atoms with Gasteiger partial charge in [0.05, 0.1) is 6.61 Å². The summed E-state index contributed by atoms with van der Waals surface area (Å²) in [6.45, 7) is 6.29. The van der Waals surface area contributed by atoms with E-state index in [1.54, 1.807) is 0 Å². The molecule has 0 aromatic rings. The smallest absolute Gasteiger partial charge is 0.222 e. The van der Waals surface area contributed by atoms with Gasteiger partial charge in [-0.2, -0.15) is 0 Å². The molecule has 2 atom stereocenters. The van der Waals surface area contributed by atoms with Crippen molar-refractivity contribution in [2.45, 2.75) is 32.2 Å². The molecule has 0 aromatic carbocycles. The Hall–Kier alpha value is -0.610. The van der Waals surface area contributed by atoms with Crippen LogP contribution in [0.4, 0.5) is 0 Å². The van der Waals surface area contributed by atoms with Gasteiger partial charge >= 0.3 is 0 Å². The molecular weight excluding hydrogens is 204 g/mol. The average molecular weight is 226 g/mol. The van der Waals surface area contributed by atoms with E-state index in [1.807, 2.05) is 6.92 Å². The van der Waals surface area contributed by atoms with Gasteiger partial charge in [-0.25, -0.2) is 0 Å². The van der Waals surface area contributed by atoms with Gasteiger partial charge in [-0.05, 0) is 38.8 Å². The number of carbonyl (C=O) groups excluding carboxylic acids is 1. The van der Waals surface area contributed by atoms with E-state index in [0.29, 0.717) is 24.5 Å². The number of hydrogen-bond acceptors (Lipinski definition) is 3. The van der Waals surface area contributed by atoms with Crippen LogP contribution in [0.5, 0.6) is 0 Å². The molecule has 2 aliphatic rings. The van der Waals surface area contributed by atoms with E-state index in [2.05, 4.69) is 10.2 Å². The predicted molar refractivity (Wildman–Crippen MR) is 62.2 cm³/mol. The Kier molecular flexibility index (Phi) is 4.18. The first-order valence-corrected chi connectivity index (χ1v) is 6.41. The molecule has 0 spiro atoms. The molecule has 1 amide bonds. The number of fused-ring (bicyclic) bond motifs is 1. The first kappa shape index (κ1) is 11.9. The summed E-state index contributed by atoms with van der Waals surface area (Å²) in [4.78, 5) is 14.0. The van der Waals surface area contributed by atoms with Crippen molar-refractivity contribution < 1.29 is 9.53 Å². The number of nitrogens with zero attached hydrogens (tertiary/aromatic N) is 1. The van der Waals surface area contributed by atoms with E-state index in [0.717, 1.165) is 45.5 Å². The summed E-state index contributed by atoms with van der Waals surface area (Å²) in [7, 11) is 0. The lowest BCUT2D eigenvalue weighted by Crippen LogP contribution is -2.55. The standard InChI is InChI=1S/C12H22N2O2/c1-2-16-8-7-14-11-5-6-13-9-10(11)3-4-12(14)15/h10-11,13H,2-9H2,1H3. The topological polar surface area (TPSA) is 41.6 Å². The number of carbonyl (C=O) groups is 1. The molecular formula is C12H22N2O2. The third-order valence-corrected chi connectivity index (χ3v) is 3.70. The molecule has 92 valence electrons. The van der Waals surface area contributed by atoms with Gasteiger partial charge in [0.25, 0.3) is 0 Å². The fourth-order valence-corrected chi connectivity index (χ4v) is 2.85. The fourth-order valence-electron chi connectivity index (χ4n) is 2.85. The summed E-state index contributed by atoms with van der Waals surface area (Å²) in [6.07, 6.45) is 2.87. The van der Waals surface area contributed by atoms with Crippen LogP contribution in [0.3, 0.4) is 0 Å². The minimum atomic E-state index is 0.322. The predicted octanol–water partition coefficient (Wildman–Crippen LogP) is 0.623. The number of hydrogen-bond donors (Lipinski definition) is 1. The zero-order chi connectivity index (χ0) is 11.4. The Morgan fingerprint density at radius 1 is 1.50 bits per heavy atom. The number of piperidine rings is 2. The van der Waals surface area contributed by atoms with Crippen LogP contribution >= 0.6 is 0 Å². The van der Waals surface area contributed by atoms with Crippen LogP contribution < -0.4 is 5.32 Å². The van der Waals surface area contributed by atoms with Crippen molar-refractivity contribution in [2.75, 3.05) is 32.8 Å². The Balaban J connectivity index is 1.92. The van der Waals surface area contributed by atoms with Crippen molar-refractivity contribution >= 4 is 5.91 Å². The van der Waals surface area contributed by atoms with Gasteiger partial charge in [0, 0.05) is 25.6 Å². The molecule has 2 unspecified atom stereocenters. The van der Waals surface area contributed by atoms with Crippen molar-refractivity contribution in [1.29, 1.82) is 0 Å². The lowest BCUT2D eigenvalue weighted by atomic mass is 9.84. The Labute approximate surface area is 97.3 Å². The minimum absolute atomic E-state index is 0.322. The van der Waals surface area contributed by atoms with Crippen molar-refractivity contribution in [3.8, 4) is 0 Å². The number of ether oxygens (including phenoxy) is 1. The molecule has 2 heterocycles. The van der Waals surface area contributed by atoms with Crippen LogP contribution in [0.2, 0.25) is 0 Å². The highest BCUT2D eigenvalue weighted by Crippen LogP contribution is 2.28. The first-order chi connectivity index (χ1) is 7.83. The van der Waals surface area contributed by atoms with Crippen LogP contribution in [0.15, 0.2) is 0 Å². The second kappa shape index (κ2) is 5.64. The molecule has 4 heteroatoms. The zero-order valence-corrected chi connectivity index (χ0v) is 10.1. The fraction of sp³-hybridized carbons (Fsp3) is 0.917. The quantitative estimate of drug-likeness (QED) is 0.715. The molecule has 0 aliphatic carbocycles. The Morgan fingerprint density at radius 2 is 2.38 bits per heavy atom. The third-order valence-electron chi connectivity index (χ3n) is 3.70. The molecule has 0 radical (unpaired) electrons. The molecule has 2 fully saturated rings. The van der Waals surface area contributed by atoms with Crippen LogP contribution in [-0.4, -0.2) is 49.7 Å². The van der Waals surface area contributed by atoms with Crippen LogP contribution in [-0.2, 0) is 9.53 Å². The van der Waals surface area contributed by atoms with Gasteiger partial charge in [-0.15, -0.1) is 0 Å². The van der Waals surface area contributed by atoms with Crippen LogP contribution in [0.1, 0.15) is 26.2 Å². The summed E-state index contributed by atoms with van der Waals surface area (Å²) in [5.74, 6) is 0.982. The average Bonchev–Trinajstić information content (AvgIpc) is 2.32. The van der Waals surface area contributed by atoms with Crippen molar-refractivity contribution in [3.05, 3.63) is 0 Å². The summed E-state index contributed by atoms with van der Waals surface area (Å²) in [5.41, 5.74) is 0. The minimum Gasteiger partial charge on any atom is -0.380 e. The van der Waals surface area contributed by atoms with Gasteiger partial charge in [-0.1, -0.05) is 0 Å².